The van der Waals surface area contributed by atoms with Crippen LogP contribution in [0.25, 0.3) is 0 Å². The van der Waals surface area contributed by atoms with Gasteiger partial charge in [0.15, 0.2) is 0 Å². The molecule has 1 aromatic heterocycles. The number of carbonyl (C=O) groups excluding carboxylic acids is 2. The van der Waals surface area contributed by atoms with E-state index in [9.17, 15) is 9.59 Å². The number of benzene rings is 2. The second-order valence-electron chi connectivity index (χ2n) is 9.13. The lowest BCUT2D eigenvalue weighted by Crippen LogP contribution is -2.47. The van der Waals surface area contributed by atoms with Crippen molar-refractivity contribution in [2.75, 3.05) is 12.0 Å². The molecule has 1 heterocycles. The number of ether oxygens (including phenoxy) is 1. The van der Waals surface area contributed by atoms with Crippen molar-refractivity contribution in [1.29, 1.82) is 0 Å². The molecule has 1 aliphatic rings. The van der Waals surface area contributed by atoms with E-state index >= 15 is 0 Å². The molecular formula is C28H33N3O3S. The number of nitrogens with zero attached hydrogens (tertiary/aromatic N) is 2. The van der Waals surface area contributed by atoms with Crippen LogP contribution in [0.3, 0.4) is 0 Å². The molecular weight excluding hydrogens is 458 g/mol. The topological polar surface area (TPSA) is 71.5 Å². The average molecular weight is 492 g/mol. The Morgan fingerprint density at radius 3 is 2.31 bits per heavy atom. The molecule has 6 nitrogen and oxygen atoms in total. The average Bonchev–Trinajstić information content (AvgIpc) is 3.21. The number of nitrogens with one attached hydrogen (secondary N) is 1. The summed E-state index contributed by atoms with van der Waals surface area (Å²) in [5, 5.41) is 4.09. The number of anilines is 1. The normalized spacial score (nSPS) is 14.9. The van der Waals surface area contributed by atoms with E-state index in [2.05, 4.69) is 10.3 Å². The molecule has 1 aliphatic carbocycles. The van der Waals surface area contributed by atoms with E-state index in [4.69, 9.17) is 4.74 Å². The van der Waals surface area contributed by atoms with Gasteiger partial charge >= 0.3 is 0 Å². The largest absolute Gasteiger partial charge is 0.497 e. The van der Waals surface area contributed by atoms with Gasteiger partial charge < -0.3 is 10.1 Å². The number of amides is 2. The van der Waals surface area contributed by atoms with E-state index in [1.165, 1.54) is 17.8 Å². The smallest absolute Gasteiger partial charge is 0.271 e. The molecule has 1 atom stereocenters. The summed E-state index contributed by atoms with van der Waals surface area (Å²) in [6.07, 6.45) is 5.35. The molecule has 0 unspecified atom stereocenters. The van der Waals surface area contributed by atoms with Crippen molar-refractivity contribution in [3.8, 4) is 5.75 Å². The van der Waals surface area contributed by atoms with Crippen LogP contribution in [0.15, 0.2) is 48.5 Å². The Kier molecular flexibility index (Phi) is 7.86. The van der Waals surface area contributed by atoms with Gasteiger partial charge in [-0.15, -0.1) is 11.3 Å². The van der Waals surface area contributed by atoms with Gasteiger partial charge in [-0.25, -0.2) is 4.98 Å². The fourth-order valence-electron chi connectivity index (χ4n) is 4.77. The molecule has 35 heavy (non-hydrogen) atoms. The second kappa shape index (κ2) is 11.0. The minimum Gasteiger partial charge on any atom is -0.497 e. The number of rotatable bonds is 7. The predicted molar refractivity (Wildman–Crippen MR) is 140 cm³/mol. The molecule has 0 saturated heterocycles. The van der Waals surface area contributed by atoms with Gasteiger partial charge in [-0.1, -0.05) is 49.6 Å². The van der Waals surface area contributed by atoms with Crippen molar-refractivity contribution < 1.29 is 14.3 Å². The van der Waals surface area contributed by atoms with Gasteiger partial charge in [0.25, 0.3) is 5.91 Å². The van der Waals surface area contributed by atoms with Gasteiger partial charge in [0.1, 0.15) is 16.7 Å². The maximum atomic E-state index is 14.2. The molecule has 2 aromatic carbocycles. The summed E-state index contributed by atoms with van der Waals surface area (Å²) in [5.41, 5.74) is 3.04. The lowest BCUT2D eigenvalue weighted by Gasteiger charge is -2.34. The Bertz CT molecular complexity index is 1180. The number of hydrogen-bond acceptors (Lipinski definition) is 5. The molecule has 3 aromatic rings. The van der Waals surface area contributed by atoms with Crippen LogP contribution in [-0.2, 0) is 4.79 Å². The molecule has 0 spiro atoms. The van der Waals surface area contributed by atoms with E-state index in [1.807, 2.05) is 69.3 Å². The third-order valence-electron chi connectivity index (χ3n) is 6.58. The molecule has 0 radical (unpaired) electrons. The zero-order chi connectivity index (χ0) is 24.9. The summed E-state index contributed by atoms with van der Waals surface area (Å²) in [4.78, 5) is 34.8. The summed E-state index contributed by atoms with van der Waals surface area (Å²) < 4.78 is 5.34. The quantitative estimate of drug-likeness (QED) is 0.446. The van der Waals surface area contributed by atoms with Crippen molar-refractivity contribution >= 4 is 28.8 Å². The first-order valence-electron chi connectivity index (χ1n) is 12.2. The Morgan fingerprint density at radius 2 is 1.71 bits per heavy atom. The van der Waals surface area contributed by atoms with Crippen LogP contribution < -0.4 is 15.0 Å². The number of aromatic nitrogens is 1. The van der Waals surface area contributed by atoms with Crippen LogP contribution >= 0.6 is 11.3 Å². The fraction of sp³-hybridized carbons (Fsp3) is 0.393. The van der Waals surface area contributed by atoms with Crippen LogP contribution in [0, 0.1) is 20.8 Å². The second-order valence-corrected chi connectivity index (χ2v) is 10.3. The van der Waals surface area contributed by atoms with Crippen molar-refractivity contribution in [2.45, 2.75) is 65.0 Å². The highest BCUT2D eigenvalue weighted by Gasteiger charge is 2.36. The van der Waals surface area contributed by atoms with E-state index in [0.717, 1.165) is 41.8 Å². The molecule has 7 heteroatoms. The number of thiazole rings is 1. The highest BCUT2D eigenvalue weighted by atomic mass is 32.1. The van der Waals surface area contributed by atoms with Crippen molar-refractivity contribution in [3.63, 3.8) is 0 Å². The Labute approximate surface area is 211 Å². The van der Waals surface area contributed by atoms with Crippen LogP contribution in [0.5, 0.6) is 5.75 Å². The minimum absolute atomic E-state index is 0.123. The molecule has 2 amide bonds. The van der Waals surface area contributed by atoms with Crippen molar-refractivity contribution in [2.24, 2.45) is 0 Å². The number of aryl methyl sites for hydroxylation is 3. The summed E-state index contributed by atoms with van der Waals surface area (Å²) >= 11 is 1.36. The van der Waals surface area contributed by atoms with E-state index < -0.39 is 6.04 Å². The van der Waals surface area contributed by atoms with Crippen LogP contribution in [-0.4, -0.2) is 29.9 Å². The maximum absolute atomic E-state index is 14.2. The standard InChI is InChI=1S/C28H33N3O3S/c1-18-10-8-9-13-24(18)31(28(33)26-19(2)29-20(3)35-26)25(21-14-16-23(34-4)17-15-21)27(32)30-22-11-6-5-7-12-22/h8-10,13-17,22,25H,5-7,11-12H2,1-4H3,(H,30,32)/t25-/m0/s1. The first kappa shape index (κ1) is 24.9. The number of carbonyl (C=O) groups is 2. The van der Waals surface area contributed by atoms with Gasteiger partial charge in [-0.05, 0) is 62.9 Å². The zero-order valence-electron chi connectivity index (χ0n) is 20.8. The van der Waals surface area contributed by atoms with Crippen LogP contribution in [0.1, 0.15) is 69.6 Å². The van der Waals surface area contributed by atoms with Gasteiger partial charge in [0.2, 0.25) is 5.91 Å². The highest BCUT2D eigenvalue weighted by Crippen LogP contribution is 2.35. The SMILES string of the molecule is COc1ccc([C@@H](C(=O)NC2CCCCC2)N(C(=O)c2sc(C)nc2C)c2ccccc2C)cc1. The number of methoxy groups -OCH3 is 1. The molecule has 1 N–H and O–H groups in total. The minimum atomic E-state index is -0.835. The summed E-state index contributed by atoms with van der Waals surface area (Å²) in [7, 11) is 1.61. The van der Waals surface area contributed by atoms with Gasteiger partial charge in [-0.2, -0.15) is 0 Å². The van der Waals surface area contributed by atoms with Crippen molar-refractivity contribution in [1.82, 2.24) is 10.3 Å². The summed E-state index contributed by atoms with van der Waals surface area (Å²) in [5.74, 6) is 0.308. The molecule has 184 valence electrons. The highest BCUT2D eigenvalue weighted by molar-refractivity contribution is 7.13. The molecule has 0 bridgehead atoms. The van der Waals surface area contributed by atoms with E-state index in [-0.39, 0.29) is 17.9 Å². The Morgan fingerprint density at radius 1 is 1.03 bits per heavy atom. The summed E-state index contributed by atoms with van der Waals surface area (Å²) in [6, 6.07) is 14.4. The zero-order valence-corrected chi connectivity index (χ0v) is 21.7. The molecule has 1 fully saturated rings. The molecule has 4 rings (SSSR count). The Hall–Kier alpha value is -3.19. The monoisotopic (exact) mass is 491 g/mol. The van der Waals surface area contributed by atoms with E-state index in [0.29, 0.717) is 22.0 Å². The predicted octanol–water partition coefficient (Wildman–Crippen LogP) is 5.91. The summed E-state index contributed by atoms with van der Waals surface area (Å²) in [6.45, 7) is 5.70. The van der Waals surface area contributed by atoms with Crippen LogP contribution in [0.4, 0.5) is 5.69 Å². The van der Waals surface area contributed by atoms with Gasteiger partial charge in [0.05, 0.1) is 17.8 Å². The van der Waals surface area contributed by atoms with Gasteiger partial charge in [0, 0.05) is 11.7 Å². The van der Waals surface area contributed by atoms with Gasteiger partial charge in [-0.3, -0.25) is 14.5 Å². The number of hydrogen-bond donors (Lipinski definition) is 1. The fourth-order valence-corrected chi connectivity index (χ4v) is 5.63. The third kappa shape index (κ3) is 5.56. The Balaban J connectivity index is 1.83. The lowest BCUT2D eigenvalue weighted by atomic mass is 9.94. The molecule has 0 aliphatic heterocycles. The lowest BCUT2D eigenvalue weighted by molar-refractivity contribution is -0.123. The van der Waals surface area contributed by atoms with E-state index in [1.54, 1.807) is 12.0 Å². The molecule has 1 saturated carbocycles. The number of para-hydroxylation sites is 1. The van der Waals surface area contributed by atoms with Crippen molar-refractivity contribution in [3.05, 3.63) is 75.2 Å². The maximum Gasteiger partial charge on any atom is 0.271 e. The first-order chi connectivity index (χ1) is 16.9. The third-order valence-corrected chi connectivity index (χ3v) is 7.64. The first-order valence-corrected chi connectivity index (χ1v) is 13.0. The van der Waals surface area contributed by atoms with Crippen LogP contribution in [0.2, 0.25) is 0 Å².